The second kappa shape index (κ2) is 10.9. The number of aromatic nitrogens is 1. The van der Waals surface area contributed by atoms with Crippen LogP contribution in [0.25, 0.3) is 10.2 Å². The maximum Gasteiger partial charge on any atom is 0.490 e. The molecule has 10 nitrogen and oxygen atoms in total. The van der Waals surface area contributed by atoms with Crippen LogP contribution in [0.5, 0.6) is 0 Å². The Morgan fingerprint density at radius 3 is 2.59 bits per heavy atom. The van der Waals surface area contributed by atoms with Crippen molar-refractivity contribution in [3.63, 3.8) is 0 Å². The number of likely N-dealkylation sites (N-methyl/N-ethyl adjacent to an activating group) is 1. The number of nitrogen functional groups attached to an aromatic ring is 1. The van der Waals surface area contributed by atoms with Gasteiger partial charge in [-0.1, -0.05) is 11.6 Å². The Labute approximate surface area is 221 Å². The molecule has 3 aromatic rings. The third-order valence-electron chi connectivity index (χ3n) is 5.19. The fourth-order valence-corrected chi connectivity index (χ4v) is 7.12. The lowest BCUT2D eigenvalue weighted by Crippen LogP contribution is -2.42. The molecule has 1 saturated heterocycles. The third kappa shape index (κ3) is 6.56. The van der Waals surface area contributed by atoms with Gasteiger partial charge in [0.05, 0.1) is 15.1 Å². The van der Waals surface area contributed by atoms with Gasteiger partial charge in [0.2, 0.25) is 5.91 Å². The van der Waals surface area contributed by atoms with Gasteiger partial charge < -0.3 is 15.7 Å². The van der Waals surface area contributed by atoms with Gasteiger partial charge in [-0.3, -0.25) is 10.2 Å². The van der Waals surface area contributed by atoms with Crippen molar-refractivity contribution in [3.05, 3.63) is 45.2 Å². The molecular formula is C20H19ClF3N5O5S3. The summed E-state index contributed by atoms with van der Waals surface area (Å²) in [5, 5.41) is 16.8. The second-order valence-corrected chi connectivity index (χ2v) is 12.3. The fraction of sp³-hybridized carbons (Fsp3) is 0.300. The van der Waals surface area contributed by atoms with Gasteiger partial charge in [0.25, 0.3) is 10.0 Å². The number of likely N-dealkylation sites (tertiary alicyclic amines) is 1. The van der Waals surface area contributed by atoms with Gasteiger partial charge >= 0.3 is 12.1 Å². The molecular weight excluding hydrogens is 579 g/mol. The lowest BCUT2D eigenvalue weighted by atomic mass is 10.2. The number of nitrogens with one attached hydrogen (secondary N) is 1. The van der Waals surface area contributed by atoms with Crippen LogP contribution in [0.1, 0.15) is 16.9 Å². The summed E-state index contributed by atoms with van der Waals surface area (Å²) in [6, 6.07) is 5.85. The Hall–Kier alpha value is -2.79. The number of nitrogens with two attached hydrogens (primary N) is 1. The highest BCUT2D eigenvalue weighted by Crippen LogP contribution is 2.32. The zero-order valence-electron chi connectivity index (χ0n) is 18.8. The molecule has 1 fully saturated rings. The minimum absolute atomic E-state index is 0.0122. The molecule has 4 N–H and O–H groups in total. The van der Waals surface area contributed by atoms with Gasteiger partial charge in [0, 0.05) is 20.1 Å². The molecule has 0 saturated carbocycles. The number of carbonyl (C=O) groups is 2. The van der Waals surface area contributed by atoms with E-state index in [1.54, 1.807) is 23.1 Å². The number of halogens is 4. The normalized spacial score (nSPS) is 16.2. The molecule has 1 aliphatic rings. The van der Waals surface area contributed by atoms with Gasteiger partial charge in [0.1, 0.15) is 21.2 Å². The predicted octanol–water partition coefficient (Wildman–Crippen LogP) is 3.35. The van der Waals surface area contributed by atoms with Crippen LogP contribution in [0.3, 0.4) is 0 Å². The Morgan fingerprint density at radius 1 is 1.38 bits per heavy atom. The number of fused-ring (bicyclic) bond motifs is 1. The minimum Gasteiger partial charge on any atom is -0.475 e. The first-order valence-corrected chi connectivity index (χ1v) is 13.7. The lowest BCUT2D eigenvalue weighted by molar-refractivity contribution is -0.192. The number of hydrogen-bond donors (Lipinski definition) is 3. The fourth-order valence-electron chi connectivity index (χ4n) is 3.35. The van der Waals surface area contributed by atoms with E-state index in [4.69, 9.17) is 32.6 Å². The summed E-state index contributed by atoms with van der Waals surface area (Å²) < 4.78 is 60.0. The van der Waals surface area contributed by atoms with E-state index in [9.17, 15) is 26.4 Å². The Bertz CT molecular complexity index is 1460. The number of sulfonamides is 1. The van der Waals surface area contributed by atoms with E-state index in [-0.39, 0.29) is 16.0 Å². The van der Waals surface area contributed by atoms with Crippen molar-refractivity contribution in [1.29, 1.82) is 5.41 Å². The molecule has 0 spiro atoms. The highest BCUT2D eigenvalue weighted by Gasteiger charge is 2.40. The molecule has 17 heteroatoms. The van der Waals surface area contributed by atoms with Crippen molar-refractivity contribution in [2.24, 2.45) is 5.73 Å². The van der Waals surface area contributed by atoms with Crippen LogP contribution in [-0.4, -0.2) is 71.2 Å². The summed E-state index contributed by atoms with van der Waals surface area (Å²) >= 11 is 8.34. The molecule has 0 aliphatic carbocycles. The maximum atomic E-state index is 13.1. The molecule has 1 amide bonds. The number of aliphatic carboxylic acids is 1. The summed E-state index contributed by atoms with van der Waals surface area (Å²) in [6.45, 7) is 0.816. The molecule has 0 radical (unpaired) electrons. The number of rotatable bonds is 6. The van der Waals surface area contributed by atoms with Crippen LogP contribution in [0.4, 0.5) is 13.2 Å². The average Bonchev–Trinajstić information content (AvgIpc) is 3.52. The number of hydrogen-bond acceptors (Lipinski definition) is 8. The number of carbonyl (C=O) groups excluding carboxylic acids is 1. The van der Waals surface area contributed by atoms with Crippen molar-refractivity contribution in [1.82, 2.24) is 14.2 Å². The lowest BCUT2D eigenvalue weighted by Gasteiger charge is -2.22. The van der Waals surface area contributed by atoms with Crippen LogP contribution in [0, 0.1) is 5.41 Å². The number of amides is 1. The van der Waals surface area contributed by atoms with Crippen LogP contribution < -0.4 is 5.73 Å². The largest absolute Gasteiger partial charge is 0.490 e. The molecule has 1 aliphatic heterocycles. The Balaban J connectivity index is 0.000000479. The van der Waals surface area contributed by atoms with E-state index in [1.807, 2.05) is 5.38 Å². The molecule has 1 atom stereocenters. The topological polar surface area (TPSA) is 158 Å². The number of nitrogens with zero attached hydrogens (tertiary/aromatic N) is 3. The van der Waals surface area contributed by atoms with E-state index in [0.29, 0.717) is 39.8 Å². The summed E-state index contributed by atoms with van der Waals surface area (Å²) in [7, 11) is -2.42. The summed E-state index contributed by atoms with van der Waals surface area (Å²) in [5.74, 6) is -3.01. The van der Waals surface area contributed by atoms with E-state index >= 15 is 0 Å². The number of thiophene rings is 2. The zero-order chi connectivity index (χ0) is 27.7. The van der Waals surface area contributed by atoms with Crippen molar-refractivity contribution < 1.29 is 36.3 Å². The smallest absolute Gasteiger partial charge is 0.475 e. The van der Waals surface area contributed by atoms with E-state index in [2.05, 4.69) is 4.98 Å². The number of carboxylic acids is 1. The van der Waals surface area contributed by atoms with Crippen molar-refractivity contribution >= 4 is 72.2 Å². The van der Waals surface area contributed by atoms with Crippen LogP contribution >= 0.6 is 34.3 Å². The van der Waals surface area contributed by atoms with E-state index in [1.165, 1.54) is 24.5 Å². The Kier molecular flexibility index (Phi) is 8.48. The highest BCUT2D eigenvalue weighted by atomic mass is 35.5. The molecule has 0 bridgehead atoms. The van der Waals surface area contributed by atoms with Gasteiger partial charge in [-0.05, 0) is 41.6 Å². The minimum atomic E-state index is -5.08. The number of amidine groups is 1. The summed E-state index contributed by atoms with van der Waals surface area (Å²) in [4.78, 5) is 28.2. The van der Waals surface area contributed by atoms with Gasteiger partial charge in [0.15, 0.2) is 0 Å². The molecule has 4 heterocycles. The maximum absolute atomic E-state index is 13.1. The van der Waals surface area contributed by atoms with Gasteiger partial charge in [-0.25, -0.2) is 18.2 Å². The van der Waals surface area contributed by atoms with Crippen LogP contribution in [0.2, 0.25) is 5.15 Å². The molecule has 37 heavy (non-hydrogen) atoms. The SMILES string of the molecule is CN(C1CCN(Cc2csc(C(=N)N)c2)C1=O)S(=O)(=O)c1cc2nc(Cl)ccc2s1.O=C(O)C(F)(F)F. The van der Waals surface area contributed by atoms with Gasteiger partial charge in [-0.15, -0.1) is 22.7 Å². The van der Waals surface area contributed by atoms with E-state index in [0.717, 1.165) is 21.2 Å². The van der Waals surface area contributed by atoms with Crippen molar-refractivity contribution in [2.75, 3.05) is 13.6 Å². The number of alkyl halides is 3. The first kappa shape index (κ1) is 28.8. The molecule has 4 rings (SSSR count). The van der Waals surface area contributed by atoms with Crippen LogP contribution in [0.15, 0.2) is 33.9 Å². The standard InChI is InChI=1S/C18H18ClN5O3S3.C2HF3O2/c1-23(30(26,27)16-7-11-13(29-16)2-3-15(19)22-11)12-4-5-24(18(12)25)8-10-6-14(17(20)21)28-9-10;3-2(4,5)1(6)7/h2-3,6-7,9,12H,4-5,8H2,1H3,(H3,20,21);(H,6,7). The second-order valence-electron chi connectivity index (χ2n) is 7.70. The number of carboxylic acid groups (broad SMARTS) is 1. The predicted molar refractivity (Wildman–Crippen MR) is 132 cm³/mol. The summed E-state index contributed by atoms with van der Waals surface area (Å²) in [5.41, 5.74) is 6.88. The summed E-state index contributed by atoms with van der Waals surface area (Å²) in [6.07, 6.45) is -4.67. The first-order valence-electron chi connectivity index (χ1n) is 10.2. The molecule has 1 unspecified atom stereocenters. The zero-order valence-corrected chi connectivity index (χ0v) is 22.0. The van der Waals surface area contributed by atoms with Gasteiger partial charge in [-0.2, -0.15) is 17.5 Å². The highest BCUT2D eigenvalue weighted by molar-refractivity contribution is 7.91. The average molecular weight is 598 g/mol. The number of pyridine rings is 1. The van der Waals surface area contributed by atoms with Crippen molar-refractivity contribution in [3.8, 4) is 0 Å². The molecule has 200 valence electrons. The van der Waals surface area contributed by atoms with E-state index < -0.39 is 28.2 Å². The third-order valence-corrected chi connectivity index (χ3v) is 9.82. The Morgan fingerprint density at radius 2 is 2.03 bits per heavy atom. The monoisotopic (exact) mass is 597 g/mol. The molecule has 0 aromatic carbocycles. The van der Waals surface area contributed by atoms with Crippen LogP contribution in [-0.2, 0) is 26.2 Å². The quantitative estimate of drug-likeness (QED) is 0.223. The van der Waals surface area contributed by atoms with Crippen molar-refractivity contribution in [2.45, 2.75) is 29.4 Å². The first-order chi connectivity index (χ1) is 17.1. The molecule has 3 aromatic heterocycles.